The molecule has 0 saturated heterocycles. The van der Waals surface area contributed by atoms with Crippen LogP contribution in [-0.2, 0) is 11.3 Å². The van der Waals surface area contributed by atoms with Gasteiger partial charge in [-0.2, -0.15) is 0 Å². The van der Waals surface area contributed by atoms with Crippen LogP contribution in [0.4, 0.5) is 10.5 Å². The number of primary amides is 1. The number of aryl methyl sites for hydroxylation is 1. The number of urea groups is 1. The lowest BCUT2D eigenvalue weighted by Gasteiger charge is -2.08. The first-order chi connectivity index (χ1) is 11.5. The van der Waals surface area contributed by atoms with Crippen LogP contribution in [0.15, 0.2) is 48.5 Å². The number of carbonyl (C=O) groups is 2. The number of hydrogen-bond acceptors (Lipinski definition) is 2. The second-order valence-electron chi connectivity index (χ2n) is 6.27. The Morgan fingerprint density at radius 1 is 1.17 bits per heavy atom. The van der Waals surface area contributed by atoms with E-state index in [9.17, 15) is 9.59 Å². The van der Waals surface area contributed by atoms with Crippen LogP contribution in [0, 0.1) is 12.8 Å². The van der Waals surface area contributed by atoms with Crippen LogP contribution in [0.3, 0.4) is 0 Å². The van der Waals surface area contributed by atoms with Gasteiger partial charge in [-0.25, -0.2) is 4.79 Å². The number of carbonyl (C=O) groups excluding carboxylic acids is 2. The molecule has 0 aliphatic heterocycles. The van der Waals surface area contributed by atoms with Crippen molar-refractivity contribution in [2.24, 2.45) is 11.7 Å². The number of nitrogens with two attached hydrogens (primary N) is 1. The van der Waals surface area contributed by atoms with E-state index in [4.69, 9.17) is 5.73 Å². The lowest BCUT2D eigenvalue weighted by molar-refractivity contribution is -0.122. The number of hydrogen-bond donors (Lipinski definition) is 3. The summed E-state index contributed by atoms with van der Waals surface area (Å²) in [6.07, 6.45) is 0.901. The van der Waals surface area contributed by atoms with Crippen LogP contribution in [0.2, 0.25) is 0 Å². The molecule has 0 aromatic heterocycles. The molecule has 2 unspecified atom stereocenters. The van der Waals surface area contributed by atoms with Gasteiger partial charge in [-0.3, -0.25) is 4.79 Å². The fourth-order valence-electron chi connectivity index (χ4n) is 2.98. The van der Waals surface area contributed by atoms with Gasteiger partial charge in [-0.05, 0) is 42.5 Å². The molecule has 124 valence electrons. The van der Waals surface area contributed by atoms with Crippen LogP contribution >= 0.6 is 0 Å². The summed E-state index contributed by atoms with van der Waals surface area (Å²) in [6.45, 7) is 2.50. The number of benzene rings is 2. The second kappa shape index (κ2) is 6.74. The fourth-order valence-corrected chi connectivity index (χ4v) is 2.98. The van der Waals surface area contributed by atoms with E-state index in [1.807, 2.05) is 18.2 Å². The van der Waals surface area contributed by atoms with Gasteiger partial charge < -0.3 is 16.4 Å². The van der Waals surface area contributed by atoms with E-state index in [0.29, 0.717) is 18.2 Å². The van der Waals surface area contributed by atoms with Gasteiger partial charge >= 0.3 is 6.03 Å². The van der Waals surface area contributed by atoms with Crippen molar-refractivity contribution >= 4 is 17.6 Å². The lowest BCUT2D eigenvalue weighted by atomic mass is 10.1. The van der Waals surface area contributed by atoms with Gasteiger partial charge in [0.05, 0.1) is 0 Å². The van der Waals surface area contributed by atoms with Crippen molar-refractivity contribution < 1.29 is 9.59 Å². The van der Waals surface area contributed by atoms with Gasteiger partial charge in [0.15, 0.2) is 0 Å². The Hall–Kier alpha value is -2.82. The molecule has 2 atom stereocenters. The maximum atomic E-state index is 12.3. The molecule has 5 nitrogen and oxygen atoms in total. The van der Waals surface area contributed by atoms with Crippen molar-refractivity contribution in [2.75, 3.05) is 5.32 Å². The maximum Gasteiger partial charge on any atom is 0.316 e. The lowest BCUT2D eigenvalue weighted by Crippen LogP contribution is -2.25. The van der Waals surface area contributed by atoms with E-state index in [1.54, 1.807) is 12.1 Å². The Morgan fingerprint density at radius 2 is 1.96 bits per heavy atom. The molecule has 0 radical (unpaired) electrons. The van der Waals surface area contributed by atoms with Crippen LogP contribution in [0.1, 0.15) is 29.0 Å². The molecule has 2 aromatic rings. The van der Waals surface area contributed by atoms with Gasteiger partial charge in [0.1, 0.15) is 0 Å². The smallest absolute Gasteiger partial charge is 0.316 e. The van der Waals surface area contributed by atoms with Crippen molar-refractivity contribution in [3.63, 3.8) is 0 Å². The third-order valence-electron chi connectivity index (χ3n) is 4.26. The van der Waals surface area contributed by atoms with Crippen LogP contribution in [-0.4, -0.2) is 11.9 Å². The molecule has 24 heavy (non-hydrogen) atoms. The quantitative estimate of drug-likeness (QED) is 0.790. The molecule has 0 bridgehead atoms. The molecule has 5 heteroatoms. The number of amides is 3. The standard InChI is InChI=1S/C19H21N3O2/c1-12-4-2-6-14(8-12)16-10-17(16)18(23)21-11-13-5-3-7-15(9-13)22-19(20)24/h2-9,16-17H,10-11H2,1H3,(H,21,23)(H3,20,22,24). The van der Waals surface area contributed by atoms with Crippen LogP contribution < -0.4 is 16.4 Å². The summed E-state index contributed by atoms with van der Waals surface area (Å²) in [4.78, 5) is 23.2. The van der Waals surface area contributed by atoms with Gasteiger partial charge in [0, 0.05) is 18.2 Å². The molecule has 1 fully saturated rings. The first-order valence-electron chi connectivity index (χ1n) is 8.02. The molecule has 4 N–H and O–H groups in total. The van der Waals surface area contributed by atoms with Gasteiger partial charge in [-0.1, -0.05) is 42.0 Å². The molecule has 3 amide bonds. The van der Waals surface area contributed by atoms with Crippen molar-refractivity contribution in [3.8, 4) is 0 Å². The first-order valence-corrected chi connectivity index (χ1v) is 8.02. The Balaban J connectivity index is 1.54. The minimum atomic E-state index is -0.602. The average Bonchev–Trinajstić information content (AvgIpc) is 3.33. The third-order valence-corrected chi connectivity index (χ3v) is 4.26. The SMILES string of the molecule is Cc1cccc(C2CC2C(=O)NCc2cccc(NC(N)=O)c2)c1. The van der Waals surface area contributed by atoms with E-state index in [0.717, 1.165) is 12.0 Å². The number of anilines is 1. The highest BCUT2D eigenvalue weighted by Gasteiger charge is 2.43. The second-order valence-corrected chi connectivity index (χ2v) is 6.27. The summed E-state index contributed by atoms with van der Waals surface area (Å²) in [7, 11) is 0. The predicted octanol–water partition coefficient (Wildman–Crippen LogP) is 2.91. The molecule has 1 aliphatic carbocycles. The van der Waals surface area contributed by atoms with Crippen molar-refractivity contribution in [1.82, 2.24) is 5.32 Å². The zero-order valence-electron chi connectivity index (χ0n) is 13.6. The molecular formula is C19H21N3O2. The summed E-state index contributed by atoms with van der Waals surface area (Å²) in [5.74, 6) is 0.459. The Kier molecular flexibility index (Phi) is 4.51. The van der Waals surface area contributed by atoms with Crippen LogP contribution in [0.25, 0.3) is 0 Å². The Bertz CT molecular complexity index is 773. The maximum absolute atomic E-state index is 12.3. The highest BCUT2D eigenvalue weighted by atomic mass is 16.2. The first kappa shape index (κ1) is 16.1. The Labute approximate surface area is 141 Å². The third kappa shape index (κ3) is 3.93. The summed E-state index contributed by atoms with van der Waals surface area (Å²) >= 11 is 0. The molecular weight excluding hydrogens is 302 g/mol. The molecule has 2 aromatic carbocycles. The van der Waals surface area contributed by atoms with Gasteiger partial charge in [0.25, 0.3) is 0 Å². The summed E-state index contributed by atoms with van der Waals surface area (Å²) in [5.41, 5.74) is 9.11. The van der Waals surface area contributed by atoms with E-state index < -0.39 is 6.03 Å². The van der Waals surface area contributed by atoms with Gasteiger partial charge in [-0.15, -0.1) is 0 Å². The van der Waals surface area contributed by atoms with E-state index >= 15 is 0 Å². The molecule has 1 saturated carbocycles. The predicted molar refractivity (Wildman–Crippen MR) is 93.5 cm³/mol. The van der Waals surface area contributed by atoms with Gasteiger partial charge in [0.2, 0.25) is 5.91 Å². The topological polar surface area (TPSA) is 84.2 Å². The number of nitrogens with one attached hydrogen (secondary N) is 2. The summed E-state index contributed by atoms with van der Waals surface area (Å²) < 4.78 is 0. The monoisotopic (exact) mass is 323 g/mol. The zero-order chi connectivity index (χ0) is 17.1. The molecule has 0 heterocycles. The number of rotatable bonds is 5. The highest BCUT2D eigenvalue weighted by Crippen LogP contribution is 2.47. The normalized spacial score (nSPS) is 18.7. The highest BCUT2D eigenvalue weighted by molar-refractivity contribution is 5.87. The van der Waals surface area contributed by atoms with E-state index in [-0.39, 0.29) is 11.8 Å². The molecule has 1 aliphatic rings. The molecule has 3 rings (SSSR count). The van der Waals surface area contributed by atoms with Crippen molar-refractivity contribution in [2.45, 2.75) is 25.8 Å². The van der Waals surface area contributed by atoms with E-state index in [1.165, 1.54) is 11.1 Å². The minimum Gasteiger partial charge on any atom is -0.352 e. The van der Waals surface area contributed by atoms with E-state index in [2.05, 4.69) is 35.8 Å². The zero-order valence-corrected chi connectivity index (χ0v) is 13.6. The summed E-state index contributed by atoms with van der Waals surface area (Å²) in [6, 6.07) is 15.0. The molecule has 0 spiro atoms. The summed E-state index contributed by atoms with van der Waals surface area (Å²) in [5, 5.41) is 5.50. The Morgan fingerprint density at radius 3 is 2.71 bits per heavy atom. The average molecular weight is 323 g/mol. The van der Waals surface area contributed by atoms with Crippen LogP contribution in [0.5, 0.6) is 0 Å². The van der Waals surface area contributed by atoms with Crippen molar-refractivity contribution in [1.29, 1.82) is 0 Å². The fraction of sp³-hybridized carbons (Fsp3) is 0.263. The largest absolute Gasteiger partial charge is 0.352 e. The minimum absolute atomic E-state index is 0.0544. The van der Waals surface area contributed by atoms with Crippen molar-refractivity contribution in [3.05, 3.63) is 65.2 Å².